The number of likely N-dealkylation sites (tertiary alicyclic amines) is 1. The Morgan fingerprint density at radius 1 is 1.38 bits per heavy atom. The number of nitrogens with zero attached hydrogens (tertiary/aromatic N) is 4. The number of piperidine rings is 1. The van der Waals surface area contributed by atoms with Gasteiger partial charge >= 0.3 is 6.09 Å². The average molecular weight is 290 g/mol. The lowest BCUT2D eigenvalue weighted by atomic mass is 9.95. The quantitative estimate of drug-likeness (QED) is 0.834. The van der Waals surface area contributed by atoms with E-state index in [1.165, 1.54) is 6.42 Å². The highest BCUT2D eigenvalue weighted by molar-refractivity contribution is 5.90. The third kappa shape index (κ3) is 2.72. The van der Waals surface area contributed by atoms with Crippen LogP contribution in [0.1, 0.15) is 38.3 Å². The van der Waals surface area contributed by atoms with Gasteiger partial charge < -0.3 is 9.64 Å². The van der Waals surface area contributed by atoms with Crippen LogP contribution in [-0.2, 0) is 4.74 Å². The van der Waals surface area contributed by atoms with Crippen LogP contribution in [0, 0.1) is 0 Å². The molecule has 0 N–H and O–H groups in total. The Labute approximate surface area is 125 Å². The lowest BCUT2D eigenvalue weighted by Gasteiger charge is -2.30. The Balaban J connectivity index is 1.88. The predicted octanol–water partition coefficient (Wildman–Crippen LogP) is 2.02. The number of amides is 1. The monoisotopic (exact) mass is 290 g/mol. The number of hydrogen-bond donors (Lipinski definition) is 0. The highest BCUT2D eigenvalue weighted by atomic mass is 16.6. The van der Waals surface area contributed by atoms with Gasteiger partial charge in [-0.2, -0.15) is 0 Å². The molecule has 2 aliphatic rings. The van der Waals surface area contributed by atoms with Crippen LogP contribution in [0.5, 0.6) is 0 Å². The third-order valence-electron chi connectivity index (χ3n) is 4.25. The fourth-order valence-corrected chi connectivity index (χ4v) is 3.10. The van der Waals surface area contributed by atoms with Gasteiger partial charge in [0.2, 0.25) is 0 Å². The van der Waals surface area contributed by atoms with Crippen LogP contribution < -0.4 is 4.90 Å². The molecule has 114 valence electrons. The largest absolute Gasteiger partial charge is 0.447 e. The van der Waals surface area contributed by atoms with Crippen molar-refractivity contribution in [3.05, 3.63) is 18.1 Å². The van der Waals surface area contributed by atoms with Crippen molar-refractivity contribution in [1.82, 2.24) is 14.9 Å². The van der Waals surface area contributed by atoms with E-state index in [4.69, 9.17) is 9.72 Å². The van der Waals surface area contributed by atoms with Gasteiger partial charge in [-0.25, -0.2) is 9.78 Å². The lowest BCUT2D eigenvalue weighted by Crippen LogP contribution is -2.42. The number of rotatable bonds is 2. The molecule has 0 radical (unpaired) electrons. The van der Waals surface area contributed by atoms with Crippen LogP contribution in [0.3, 0.4) is 0 Å². The number of likely N-dealkylation sites (N-methyl/N-ethyl adjacent to an activating group) is 1. The summed E-state index contributed by atoms with van der Waals surface area (Å²) in [6, 6.07) is 0. The van der Waals surface area contributed by atoms with Gasteiger partial charge in [0.15, 0.2) is 5.82 Å². The molecule has 1 aromatic heterocycles. The van der Waals surface area contributed by atoms with Crippen molar-refractivity contribution in [1.29, 1.82) is 0 Å². The molecular weight excluding hydrogens is 268 g/mol. The summed E-state index contributed by atoms with van der Waals surface area (Å²) in [6.45, 7) is 6.45. The minimum absolute atomic E-state index is 0.341. The number of aromatic nitrogens is 2. The predicted molar refractivity (Wildman–Crippen MR) is 79.4 cm³/mol. The van der Waals surface area contributed by atoms with Gasteiger partial charge in [0, 0.05) is 18.7 Å². The van der Waals surface area contributed by atoms with Gasteiger partial charge in [-0.15, -0.1) is 0 Å². The van der Waals surface area contributed by atoms with Gasteiger partial charge in [-0.05, 0) is 40.3 Å². The van der Waals surface area contributed by atoms with Crippen molar-refractivity contribution in [2.45, 2.75) is 38.1 Å². The molecule has 0 spiro atoms. The Hall–Kier alpha value is -1.69. The number of hydrogen-bond acceptors (Lipinski definition) is 5. The number of carbonyl (C=O) groups excluding carboxylic acids is 1. The Bertz CT molecular complexity index is 546. The second-order valence-electron chi connectivity index (χ2n) is 6.61. The summed E-state index contributed by atoms with van der Waals surface area (Å²) in [5.74, 6) is 0.978. The van der Waals surface area contributed by atoms with Crippen molar-refractivity contribution in [3.8, 4) is 0 Å². The van der Waals surface area contributed by atoms with Gasteiger partial charge in [-0.3, -0.25) is 9.88 Å². The normalized spacial score (nSPS) is 26.0. The Morgan fingerprint density at radius 2 is 2.19 bits per heavy atom. The molecule has 2 aliphatic heterocycles. The van der Waals surface area contributed by atoms with Crippen LogP contribution in [0.25, 0.3) is 0 Å². The van der Waals surface area contributed by atoms with Crippen LogP contribution >= 0.6 is 0 Å². The molecule has 21 heavy (non-hydrogen) atoms. The zero-order valence-electron chi connectivity index (χ0n) is 12.9. The van der Waals surface area contributed by atoms with E-state index in [-0.39, 0.29) is 11.6 Å². The summed E-state index contributed by atoms with van der Waals surface area (Å²) in [4.78, 5) is 24.9. The van der Waals surface area contributed by atoms with Gasteiger partial charge in [-0.1, -0.05) is 0 Å². The van der Waals surface area contributed by atoms with Crippen molar-refractivity contribution < 1.29 is 9.53 Å². The second kappa shape index (κ2) is 5.26. The van der Waals surface area contributed by atoms with Crippen LogP contribution in [-0.4, -0.2) is 53.2 Å². The maximum Gasteiger partial charge on any atom is 0.416 e. The molecule has 0 aromatic carbocycles. The van der Waals surface area contributed by atoms with E-state index in [0.717, 1.165) is 25.2 Å². The zero-order chi connectivity index (χ0) is 15.0. The number of cyclic esters (lactones) is 1. The number of ether oxygens (including phenoxy) is 1. The smallest absolute Gasteiger partial charge is 0.416 e. The molecule has 2 fully saturated rings. The van der Waals surface area contributed by atoms with Gasteiger partial charge in [0.05, 0.1) is 17.4 Å². The minimum Gasteiger partial charge on any atom is -0.447 e. The van der Waals surface area contributed by atoms with Crippen molar-refractivity contribution in [2.75, 3.05) is 31.6 Å². The molecule has 6 nitrogen and oxygen atoms in total. The van der Waals surface area contributed by atoms with E-state index < -0.39 is 0 Å². The molecule has 1 atom stereocenters. The first kappa shape index (κ1) is 14.3. The highest BCUT2D eigenvalue weighted by Gasteiger charge is 2.42. The van der Waals surface area contributed by atoms with E-state index in [2.05, 4.69) is 16.9 Å². The molecule has 3 heterocycles. The molecule has 0 saturated carbocycles. The SMILES string of the molecule is CN1CCC[C@H](c2cncc(N3C(=O)OCC3(C)C)n2)C1. The zero-order valence-corrected chi connectivity index (χ0v) is 12.9. The second-order valence-corrected chi connectivity index (χ2v) is 6.61. The van der Waals surface area contributed by atoms with E-state index in [0.29, 0.717) is 18.3 Å². The fraction of sp³-hybridized carbons (Fsp3) is 0.667. The molecule has 1 aromatic rings. The van der Waals surface area contributed by atoms with E-state index in [9.17, 15) is 4.79 Å². The molecule has 0 unspecified atom stereocenters. The summed E-state index contributed by atoms with van der Waals surface area (Å²) in [5.41, 5.74) is 0.586. The maximum atomic E-state index is 12.0. The summed E-state index contributed by atoms with van der Waals surface area (Å²) < 4.78 is 5.15. The van der Waals surface area contributed by atoms with Gasteiger partial charge in [0.25, 0.3) is 0 Å². The lowest BCUT2D eigenvalue weighted by molar-refractivity contribution is 0.175. The molecule has 3 rings (SSSR count). The Morgan fingerprint density at radius 3 is 2.86 bits per heavy atom. The van der Waals surface area contributed by atoms with Gasteiger partial charge in [0.1, 0.15) is 6.61 Å². The summed E-state index contributed by atoms with van der Waals surface area (Å²) >= 11 is 0. The number of anilines is 1. The minimum atomic E-state index is -0.381. The average Bonchev–Trinajstić information content (AvgIpc) is 2.73. The van der Waals surface area contributed by atoms with Crippen molar-refractivity contribution in [2.24, 2.45) is 0 Å². The number of carbonyl (C=O) groups is 1. The molecule has 2 saturated heterocycles. The summed E-state index contributed by atoms with van der Waals surface area (Å²) in [6.07, 6.45) is 5.42. The van der Waals surface area contributed by atoms with Crippen molar-refractivity contribution in [3.63, 3.8) is 0 Å². The first-order valence-electron chi connectivity index (χ1n) is 7.45. The molecule has 6 heteroatoms. The molecule has 1 amide bonds. The van der Waals surface area contributed by atoms with Crippen molar-refractivity contribution >= 4 is 11.9 Å². The van der Waals surface area contributed by atoms with E-state index in [1.54, 1.807) is 11.1 Å². The third-order valence-corrected chi connectivity index (χ3v) is 4.25. The first-order chi connectivity index (χ1) is 9.97. The van der Waals surface area contributed by atoms with Crippen LogP contribution in [0.4, 0.5) is 10.6 Å². The van der Waals surface area contributed by atoms with Crippen LogP contribution in [0.2, 0.25) is 0 Å². The standard InChI is InChI=1S/C15H22N4O2/c1-15(2)10-21-14(20)19(15)13-8-16-7-12(17-13)11-5-4-6-18(3)9-11/h7-8,11H,4-6,9-10H2,1-3H3/t11-/m0/s1. The molecule has 0 bridgehead atoms. The Kier molecular flexibility index (Phi) is 3.57. The summed E-state index contributed by atoms with van der Waals surface area (Å²) in [7, 11) is 2.13. The van der Waals surface area contributed by atoms with E-state index in [1.807, 2.05) is 20.0 Å². The first-order valence-corrected chi connectivity index (χ1v) is 7.45. The van der Waals surface area contributed by atoms with Crippen LogP contribution in [0.15, 0.2) is 12.4 Å². The summed E-state index contributed by atoms with van der Waals surface area (Å²) in [5, 5.41) is 0. The maximum absolute atomic E-state index is 12.0. The molecule has 0 aliphatic carbocycles. The molecular formula is C15H22N4O2. The highest BCUT2D eigenvalue weighted by Crippen LogP contribution is 2.31. The fourth-order valence-electron chi connectivity index (χ4n) is 3.10. The van der Waals surface area contributed by atoms with E-state index >= 15 is 0 Å². The topological polar surface area (TPSA) is 58.6 Å².